The highest BCUT2D eigenvalue weighted by Crippen LogP contribution is 2.36. The van der Waals surface area contributed by atoms with E-state index in [9.17, 15) is 9.59 Å². The zero-order valence-electron chi connectivity index (χ0n) is 23.8. The number of hydrogen-bond acceptors (Lipinski definition) is 5. The summed E-state index contributed by atoms with van der Waals surface area (Å²) in [5.74, 6) is 1.19. The fraction of sp³-hybridized carbons (Fsp3) is 0.412. The number of nitrogens with one attached hydrogen (secondary N) is 1. The smallest absolute Gasteiger partial charge is 0.253 e. The highest BCUT2D eigenvalue weighted by molar-refractivity contribution is 5.94. The Kier molecular flexibility index (Phi) is 8.23. The molecule has 0 unspecified atom stereocenters. The highest BCUT2D eigenvalue weighted by atomic mass is 16.5. The molecule has 0 radical (unpaired) electrons. The van der Waals surface area contributed by atoms with Crippen LogP contribution in [0.2, 0.25) is 0 Å². The molecule has 0 atom stereocenters. The summed E-state index contributed by atoms with van der Waals surface area (Å²) in [7, 11) is 0. The third-order valence-electron chi connectivity index (χ3n) is 8.96. The quantitative estimate of drug-likeness (QED) is 0.439. The first-order valence-corrected chi connectivity index (χ1v) is 15.0. The summed E-state index contributed by atoms with van der Waals surface area (Å²) < 4.78 is 6.29. The van der Waals surface area contributed by atoms with Crippen molar-refractivity contribution in [2.45, 2.75) is 44.1 Å². The van der Waals surface area contributed by atoms with E-state index in [1.165, 1.54) is 6.42 Å². The zero-order chi connectivity index (χ0) is 28.1. The first-order chi connectivity index (χ1) is 20.1. The standard InChI is InChI=1S/C34H40N4O3/c39-32(37-19-7-2-8-20-37)28-15-13-27(14-16-28)25-29-9-5-6-12-31(29)41-24-23-36-21-17-34(18-22-36)33(40)35-26-38(34)30-10-3-1-4-11-30/h1,3-6,9-16H,2,7-8,17-26H2,(H,35,40). The lowest BCUT2D eigenvalue weighted by atomic mass is 9.85. The van der Waals surface area contributed by atoms with Gasteiger partial charge in [0.1, 0.15) is 17.9 Å². The molecular formula is C34H40N4O3. The molecule has 2 amide bonds. The summed E-state index contributed by atoms with van der Waals surface area (Å²) in [4.78, 5) is 32.4. The number of carbonyl (C=O) groups is 2. The Morgan fingerprint density at radius 3 is 2.29 bits per heavy atom. The van der Waals surface area contributed by atoms with Gasteiger partial charge in [0, 0.05) is 50.4 Å². The van der Waals surface area contributed by atoms with E-state index < -0.39 is 5.54 Å². The molecule has 1 N–H and O–H groups in total. The van der Waals surface area contributed by atoms with Gasteiger partial charge in [-0.15, -0.1) is 0 Å². The van der Waals surface area contributed by atoms with Crippen LogP contribution in [0, 0.1) is 0 Å². The lowest BCUT2D eigenvalue weighted by molar-refractivity contribution is -0.125. The summed E-state index contributed by atoms with van der Waals surface area (Å²) in [6, 6.07) is 26.5. The maximum atomic E-state index is 12.9. The van der Waals surface area contributed by atoms with Crippen molar-refractivity contribution in [3.63, 3.8) is 0 Å². The van der Waals surface area contributed by atoms with Crippen LogP contribution in [-0.4, -0.2) is 73.2 Å². The van der Waals surface area contributed by atoms with E-state index in [4.69, 9.17) is 4.74 Å². The Balaban J connectivity index is 1.01. The van der Waals surface area contributed by atoms with Gasteiger partial charge in [-0.25, -0.2) is 0 Å². The van der Waals surface area contributed by atoms with Gasteiger partial charge in [-0.3, -0.25) is 14.5 Å². The first kappa shape index (κ1) is 27.3. The van der Waals surface area contributed by atoms with Crippen molar-refractivity contribution in [3.8, 4) is 5.75 Å². The molecule has 6 rings (SSSR count). The lowest BCUT2D eigenvalue weighted by Gasteiger charge is -2.43. The fourth-order valence-corrected chi connectivity index (χ4v) is 6.52. The predicted molar refractivity (Wildman–Crippen MR) is 161 cm³/mol. The van der Waals surface area contributed by atoms with Crippen molar-refractivity contribution in [1.82, 2.24) is 15.1 Å². The van der Waals surface area contributed by atoms with Gasteiger partial charge < -0.3 is 19.9 Å². The van der Waals surface area contributed by atoms with Gasteiger partial charge in [-0.05, 0) is 73.6 Å². The van der Waals surface area contributed by atoms with Crippen LogP contribution in [0.15, 0.2) is 78.9 Å². The van der Waals surface area contributed by atoms with Gasteiger partial charge in [0.2, 0.25) is 5.91 Å². The number of anilines is 1. The number of nitrogens with zero attached hydrogens (tertiary/aromatic N) is 3. The second kappa shape index (κ2) is 12.4. The first-order valence-electron chi connectivity index (χ1n) is 15.0. The van der Waals surface area contributed by atoms with E-state index in [1.54, 1.807) is 0 Å². The second-order valence-electron chi connectivity index (χ2n) is 11.5. The number of benzene rings is 3. The van der Waals surface area contributed by atoms with Gasteiger partial charge in [0.25, 0.3) is 5.91 Å². The summed E-state index contributed by atoms with van der Waals surface area (Å²) in [5.41, 5.74) is 3.71. The minimum atomic E-state index is -0.459. The van der Waals surface area contributed by atoms with Gasteiger partial charge >= 0.3 is 0 Å². The Labute approximate surface area is 243 Å². The van der Waals surface area contributed by atoms with Crippen LogP contribution in [0.25, 0.3) is 0 Å². The molecule has 3 aliphatic rings. The Morgan fingerprint density at radius 2 is 1.54 bits per heavy atom. The van der Waals surface area contributed by atoms with E-state index in [-0.39, 0.29) is 11.8 Å². The summed E-state index contributed by atoms with van der Waals surface area (Å²) >= 11 is 0. The van der Waals surface area contributed by atoms with Gasteiger partial charge in [0.15, 0.2) is 0 Å². The zero-order valence-corrected chi connectivity index (χ0v) is 23.8. The molecule has 3 aromatic carbocycles. The van der Waals surface area contributed by atoms with Crippen molar-refractivity contribution in [2.75, 3.05) is 50.9 Å². The third-order valence-corrected chi connectivity index (χ3v) is 8.96. The molecule has 3 heterocycles. The topological polar surface area (TPSA) is 65.1 Å². The van der Waals surface area contributed by atoms with Crippen molar-refractivity contribution in [2.24, 2.45) is 0 Å². The van der Waals surface area contributed by atoms with Crippen LogP contribution in [0.4, 0.5) is 5.69 Å². The molecule has 7 nitrogen and oxygen atoms in total. The number of carbonyl (C=O) groups excluding carboxylic acids is 2. The molecule has 0 bridgehead atoms. The van der Waals surface area contributed by atoms with E-state index in [0.29, 0.717) is 13.3 Å². The Bertz CT molecular complexity index is 1330. The number of para-hydroxylation sites is 2. The van der Waals surface area contributed by atoms with E-state index in [2.05, 4.69) is 45.4 Å². The summed E-state index contributed by atoms with van der Waals surface area (Å²) in [6.07, 6.45) is 5.79. The molecule has 0 aliphatic carbocycles. The minimum absolute atomic E-state index is 0.143. The van der Waals surface area contributed by atoms with Crippen LogP contribution in [0.1, 0.15) is 53.6 Å². The summed E-state index contributed by atoms with van der Waals surface area (Å²) in [6.45, 7) is 5.46. The lowest BCUT2D eigenvalue weighted by Crippen LogP contribution is -2.56. The molecule has 3 aliphatic heterocycles. The molecule has 3 aromatic rings. The normalized spacial score (nSPS) is 18.9. The molecular weight excluding hydrogens is 512 g/mol. The Hall–Kier alpha value is -3.84. The largest absolute Gasteiger partial charge is 0.492 e. The monoisotopic (exact) mass is 552 g/mol. The van der Waals surface area contributed by atoms with E-state index in [1.807, 2.05) is 53.4 Å². The van der Waals surface area contributed by atoms with Crippen molar-refractivity contribution >= 4 is 17.5 Å². The number of rotatable bonds is 8. The van der Waals surface area contributed by atoms with Gasteiger partial charge in [0.05, 0.1) is 6.67 Å². The third kappa shape index (κ3) is 5.96. The number of amides is 2. The Morgan fingerprint density at radius 1 is 0.829 bits per heavy atom. The van der Waals surface area contributed by atoms with Crippen LogP contribution < -0.4 is 15.0 Å². The number of likely N-dealkylation sites (tertiary alicyclic amines) is 2. The second-order valence-corrected chi connectivity index (χ2v) is 11.5. The predicted octanol–water partition coefficient (Wildman–Crippen LogP) is 4.71. The van der Waals surface area contributed by atoms with Crippen LogP contribution in [0.5, 0.6) is 5.75 Å². The number of piperidine rings is 2. The molecule has 3 saturated heterocycles. The fourth-order valence-electron chi connectivity index (χ4n) is 6.52. The minimum Gasteiger partial charge on any atom is -0.492 e. The highest BCUT2D eigenvalue weighted by Gasteiger charge is 2.50. The van der Waals surface area contributed by atoms with Gasteiger partial charge in [-0.2, -0.15) is 0 Å². The average Bonchev–Trinajstić information content (AvgIpc) is 3.34. The summed E-state index contributed by atoms with van der Waals surface area (Å²) in [5, 5.41) is 3.08. The van der Waals surface area contributed by atoms with Crippen LogP contribution >= 0.6 is 0 Å². The maximum Gasteiger partial charge on any atom is 0.253 e. The molecule has 0 saturated carbocycles. The molecule has 7 heteroatoms. The molecule has 3 fully saturated rings. The van der Waals surface area contributed by atoms with Crippen molar-refractivity contribution < 1.29 is 14.3 Å². The number of hydrogen-bond donors (Lipinski definition) is 1. The van der Waals surface area contributed by atoms with E-state index >= 15 is 0 Å². The molecule has 0 aromatic heterocycles. The number of ether oxygens (including phenoxy) is 1. The maximum absolute atomic E-state index is 12.9. The average molecular weight is 553 g/mol. The molecule has 41 heavy (non-hydrogen) atoms. The molecule has 1 spiro atoms. The SMILES string of the molecule is O=C(c1ccc(Cc2ccccc2OCCN2CCC3(CC2)C(=O)NCN3c2ccccc2)cc1)N1CCCCC1. The van der Waals surface area contributed by atoms with Crippen molar-refractivity contribution in [1.29, 1.82) is 0 Å². The van der Waals surface area contributed by atoms with E-state index in [0.717, 1.165) is 93.0 Å². The molecule has 214 valence electrons. The van der Waals surface area contributed by atoms with Crippen molar-refractivity contribution in [3.05, 3.63) is 95.6 Å². The van der Waals surface area contributed by atoms with Gasteiger partial charge in [-0.1, -0.05) is 48.5 Å². The van der Waals surface area contributed by atoms with Crippen LogP contribution in [0.3, 0.4) is 0 Å². The van der Waals surface area contributed by atoms with Crippen LogP contribution in [-0.2, 0) is 11.2 Å².